The zero-order valence-corrected chi connectivity index (χ0v) is 13.6. The van der Waals surface area contributed by atoms with Gasteiger partial charge in [0.15, 0.2) is 10.4 Å². The number of halogens is 1. The van der Waals surface area contributed by atoms with E-state index in [-0.39, 0.29) is 5.03 Å². The molecule has 0 fully saturated rings. The first-order valence-electron chi connectivity index (χ1n) is 6.39. The number of hydrogen-bond acceptors (Lipinski definition) is 3. The van der Waals surface area contributed by atoms with Crippen molar-refractivity contribution in [2.24, 2.45) is 0 Å². The van der Waals surface area contributed by atoms with Gasteiger partial charge < -0.3 is 5.21 Å². The van der Waals surface area contributed by atoms with Gasteiger partial charge >= 0.3 is 5.03 Å². The summed E-state index contributed by atoms with van der Waals surface area (Å²) in [5.74, 6) is 0. The second-order valence-corrected chi connectivity index (χ2v) is 7.70. The molecule has 1 unspecified atom stereocenters. The van der Waals surface area contributed by atoms with E-state index in [1.54, 1.807) is 26.0 Å². The Labute approximate surface area is 129 Å². The van der Waals surface area contributed by atoms with E-state index in [4.69, 9.17) is 11.6 Å². The molecule has 0 bridgehead atoms. The molecular formula is C15H16ClNO3S. The van der Waals surface area contributed by atoms with Gasteiger partial charge in [-0.2, -0.15) is 4.73 Å². The van der Waals surface area contributed by atoms with Crippen LogP contribution in [0, 0.1) is 26.0 Å². The molecule has 2 rings (SSSR count). The second-order valence-electron chi connectivity index (χ2n) is 5.02. The summed E-state index contributed by atoms with van der Waals surface area (Å²) in [6.45, 7) is 5.20. The van der Waals surface area contributed by atoms with Crippen LogP contribution in [0.5, 0.6) is 0 Å². The number of sulfone groups is 1. The fraction of sp³-hybridized carbons (Fsp3) is 0.267. The van der Waals surface area contributed by atoms with Crippen molar-refractivity contribution >= 4 is 21.4 Å². The highest BCUT2D eigenvalue weighted by Crippen LogP contribution is 2.33. The van der Waals surface area contributed by atoms with Gasteiger partial charge in [0.2, 0.25) is 0 Å². The van der Waals surface area contributed by atoms with Crippen molar-refractivity contribution in [3.8, 4) is 0 Å². The predicted molar refractivity (Wildman–Crippen MR) is 81.8 cm³/mol. The van der Waals surface area contributed by atoms with Crippen LogP contribution in [0.3, 0.4) is 0 Å². The number of hydrogen-bond donors (Lipinski definition) is 0. The molecule has 0 N–H and O–H groups in total. The number of nitrogens with zero attached hydrogens (tertiary/aromatic N) is 1. The number of aryl methyl sites for hydroxylation is 3. The van der Waals surface area contributed by atoms with E-state index in [0.29, 0.717) is 16.0 Å². The van der Waals surface area contributed by atoms with Crippen molar-refractivity contribution in [1.29, 1.82) is 0 Å². The van der Waals surface area contributed by atoms with Crippen molar-refractivity contribution in [2.75, 3.05) is 0 Å². The van der Waals surface area contributed by atoms with Gasteiger partial charge in [-0.25, -0.2) is 8.42 Å². The minimum absolute atomic E-state index is 0.306. The molecule has 0 spiro atoms. The first-order valence-corrected chi connectivity index (χ1v) is 8.37. The maximum absolute atomic E-state index is 12.6. The molecular weight excluding hydrogens is 310 g/mol. The lowest BCUT2D eigenvalue weighted by Crippen LogP contribution is -2.37. The summed E-state index contributed by atoms with van der Waals surface area (Å²) in [7, 11) is -3.97. The van der Waals surface area contributed by atoms with Gasteiger partial charge in [-0.1, -0.05) is 35.4 Å². The van der Waals surface area contributed by atoms with Gasteiger partial charge in [0.25, 0.3) is 9.84 Å². The Morgan fingerprint density at radius 2 is 1.81 bits per heavy atom. The molecule has 0 amide bonds. The summed E-state index contributed by atoms with van der Waals surface area (Å²) in [5, 5.41) is 11.7. The Morgan fingerprint density at radius 1 is 1.14 bits per heavy atom. The molecule has 0 aliphatic heterocycles. The molecule has 1 heterocycles. The lowest BCUT2D eigenvalue weighted by molar-refractivity contribution is -0.653. The average Bonchev–Trinajstić information content (AvgIpc) is 2.43. The van der Waals surface area contributed by atoms with Crippen LogP contribution in [0.15, 0.2) is 41.4 Å². The van der Waals surface area contributed by atoms with Crippen LogP contribution >= 0.6 is 11.6 Å². The first-order chi connectivity index (χ1) is 9.75. The summed E-state index contributed by atoms with van der Waals surface area (Å²) in [6.07, 6.45) is 0. The summed E-state index contributed by atoms with van der Waals surface area (Å²) < 4.78 is 24.3. The third-order valence-corrected chi connectivity index (χ3v) is 5.96. The smallest absolute Gasteiger partial charge is 0.310 e. The highest BCUT2D eigenvalue weighted by atomic mass is 35.5. The van der Waals surface area contributed by atoms with Gasteiger partial charge in [0, 0.05) is 19.1 Å². The lowest BCUT2D eigenvalue weighted by Gasteiger charge is -2.14. The highest BCUT2D eigenvalue weighted by molar-refractivity contribution is 7.92. The molecule has 6 heteroatoms. The van der Waals surface area contributed by atoms with Crippen LogP contribution in [-0.4, -0.2) is 8.42 Å². The maximum Gasteiger partial charge on any atom is 0.310 e. The van der Waals surface area contributed by atoms with E-state index in [9.17, 15) is 13.6 Å². The molecule has 21 heavy (non-hydrogen) atoms. The van der Waals surface area contributed by atoms with E-state index >= 15 is 0 Å². The van der Waals surface area contributed by atoms with Crippen LogP contribution in [0.25, 0.3) is 0 Å². The number of pyridine rings is 1. The van der Waals surface area contributed by atoms with Crippen molar-refractivity contribution < 1.29 is 13.1 Å². The lowest BCUT2D eigenvalue weighted by atomic mass is 10.1. The van der Waals surface area contributed by atoms with Crippen LogP contribution in [0.1, 0.15) is 27.1 Å². The number of benzene rings is 1. The number of rotatable bonds is 3. The zero-order chi connectivity index (χ0) is 15.8. The molecule has 0 saturated carbocycles. The highest BCUT2D eigenvalue weighted by Gasteiger charge is 2.34. The number of aromatic nitrogens is 1. The van der Waals surface area contributed by atoms with Crippen LogP contribution in [0.4, 0.5) is 0 Å². The van der Waals surface area contributed by atoms with Gasteiger partial charge in [0.1, 0.15) is 0 Å². The van der Waals surface area contributed by atoms with E-state index < -0.39 is 14.5 Å². The Bertz CT molecular complexity index is 788. The molecule has 4 nitrogen and oxygen atoms in total. The van der Waals surface area contributed by atoms with E-state index in [1.165, 1.54) is 12.1 Å². The largest absolute Gasteiger partial charge is 0.618 e. The van der Waals surface area contributed by atoms with Gasteiger partial charge in [0.05, 0.1) is 0 Å². The molecule has 1 aromatic carbocycles. The molecule has 1 atom stereocenters. The Kier molecular flexibility index (Phi) is 4.25. The quantitative estimate of drug-likeness (QED) is 0.495. The van der Waals surface area contributed by atoms with Crippen LogP contribution in [-0.2, 0) is 9.84 Å². The topological polar surface area (TPSA) is 61.1 Å². The Balaban J connectivity index is 2.58. The summed E-state index contributed by atoms with van der Waals surface area (Å²) in [5.41, 5.74) is 2.49. The van der Waals surface area contributed by atoms with Gasteiger partial charge in [-0.15, -0.1) is 0 Å². The van der Waals surface area contributed by atoms with E-state index in [0.717, 1.165) is 11.1 Å². The van der Waals surface area contributed by atoms with Crippen molar-refractivity contribution in [3.05, 3.63) is 64.0 Å². The second kappa shape index (κ2) is 5.66. The van der Waals surface area contributed by atoms with Crippen LogP contribution in [0.2, 0.25) is 0 Å². The van der Waals surface area contributed by atoms with Gasteiger partial charge in [-0.05, 0) is 31.0 Å². The van der Waals surface area contributed by atoms with E-state index in [1.807, 2.05) is 19.1 Å². The molecule has 2 aromatic rings. The third kappa shape index (κ3) is 2.89. The average molecular weight is 326 g/mol. The fourth-order valence-corrected chi connectivity index (χ4v) is 4.02. The van der Waals surface area contributed by atoms with Gasteiger partial charge in [-0.3, -0.25) is 0 Å². The zero-order valence-electron chi connectivity index (χ0n) is 12.0. The molecule has 0 aliphatic rings. The summed E-state index contributed by atoms with van der Waals surface area (Å²) in [4.78, 5) is 0. The Hall–Kier alpha value is -1.59. The predicted octanol–water partition coefficient (Wildman–Crippen LogP) is 2.96. The van der Waals surface area contributed by atoms with Crippen molar-refractivity contribution in [3.63, 3.8) is 0 Å². The Morgan fingerprint density at radius 3 is 2.48 bits per heavy atom. The maximum atomic E-state index is 12.6. The third-order valence-electron chi connectivity index (χ3n) is 3.34. The molecule has 112 valence electrons. The minimum Gasteiger partial charge on any atom is -0.618 e. The van der Waals surface area contributed by atoms with Crippen molar-refractivity contribution in [2.45, 2.75) is 30.5 Å². The van der Waals surface area contributed by atoms with Crippen molar-refractivity contribution in [1.82, 2.24) is 0 Å². The standard InChI is InChI=1S/C15H16ClNO3S/c1-10-7-8-11(2)13(9-10)15(16)21(19,20)14-6-4-5-12(3)17(14)18/h4-9,15H,1-3H3. The molecule has 0 saturated heterocycles. The molecule has 0 aliphatic carbocycles. The molecule has 0 radical (unpaired) electrons. The summed E-state index contributed by atoms with van der Waals surface area (Å²) >= 11 is 6.19. The summed E-state index contributed by atoms with van der Waals surface area (Å²) in [6, 6.07) is 9.79. The fourth-order valence-electron chi connectivity index (χ4n) is 2.07. The SMILES string of the molecule is Cc1ccc(C)c(C(Cl)S(=O)(=O)c2cccc(C)[n+]2[O-])c1. The molecule has 1 aromatic heterocycles. The number of alkyl halides is 1. The van der Waals surface area contributed by atoms with E-state index in [2.05, 4.69) is 0 Å². The van der Waals surface area contributed by atoms with Crippen LogP contribution < -0.4 is 4.73 Å². The minimum atomic E-state index is -3.97. The normalized spacial score (nSPS) is 13.1. The monoisotopic (exact) mass is 325 g/mol. The first kappa shape index (κ1) is 15.8.